The van der Waals surface area contributed by atoms with Gasteiger partial charge in [-0.25, -0.2) is 9.97 Å². The number of fused-ring (bicyclic) bond motifs is 1. The summed E-state index contributed by atoms with van der Waals surface area (Å²) in [4.78, 5) is 23.9. The van der Waals surface area contributed by atoms with Crippen LogP contribution in [0.15, 0.2) is 17.8 Å². The zero-order valence-electron chi connectivity index (χ0n) is 11.8. The average Bonchev–Trinajstić information content (AvgIpc) is 3.15. The van der Waals surface area contributed by atoms with Gasteiger partial charge in [-0.05, 0) is 30.7 Å². The smallest absolute Gasteiger partial charge is 0.220 e. The van der Waals surface area contributed by atoms with E-state index in [-0.39, 0.29) is 5.91 Å². The third kappa shape index (κ3) is 2.27. The van der Waals surface area contributed by atoms with Crippen molar-refractivity contribution in [1.82, 2.24) is 15.3 Å². The van der Waals surface area contributed by atoms with Crippen molar-refractivity contribution < 1.29 is 4.79 Å². The molecule has 5 nitrogen and oxygen atoms in total. The minimum atomic E-state index is 0.189. The van der Waals surface area contributed by atoms with Gasteiger partial charge in [-0.3, -0.25) is 4.79 Å². The maximum absolute atomic E-state index is 11.6. The molecule has 2 aliphatic heterocycles. The van der Waals surface area contributed by atoms with Crippen molar-refractivity contribution in [3.63, 3.8) is 0 Å². The van der Waals surface area contributed by atoms with Gasteiger partial charge in [-0.15, -0.1) is 11.3 Å². The normalized spacial score (nSPS) is 26.3. The summed E-state index contributed by atoms with van der Waals surface area (Å²) >= 11 is 1.66. The highest BCUT2D eigenvalue weighted by molar-refractivity contribution is 7.16. The lowest BCUT2D eigenvalue weighted by Gasteiger charge is -2.39. The molecule has 4 rings (SSSR count). The number of nitrogens with zero attached hydrogens (tertiary/aromatic N) is 3. The van der Waals surface area contributed by atoms with Gasteiger partial charge in [0.1, 0.15) is 17.0 Å². The lowest BCUT2D eigenvalue weighted by Crippen LogP contribution is -2.45. The van der Waals surface area contributed by atoms with E-state index in [1.807, 2.05) is 0 Å². The molecule has 21 heavy (non-hydrogen) atoms. The van der Waals surface area contributed by atoms with Crippen molar-refractivity contribution in [2.45, 2.75) is 31.7 Å². The van der Waals surface area contributed by atoms with Crippen LogP contribution in [-0.2, 0) is 4.79 Å². The van der Waals surface area contributed by atoms with E-state index < -0.39 is 0 Å². The fourth-order valence-electron chi connectivity index (χ4n) is 3.62. The summed E-state index contributed by atoms with van der Waals surface area (Å²) in [6.45, 7) is 1.83. The second-order valence-electron chi connectivity index (χ2n) is 5.86. The van der Waals surface area contributed by atoms with Gasteiger partial charge < -0.3 is 10.2 Å². The van der Waals surface area contributed by atoms with Gasteiger partial charge in [0.2, 0.25) is 5.91 Å². The first kappa shape index (κ1) is 13.0. The number of piperidine rings is 1. The van der Waals surface area contributed by atoms with E-state index in [0.717, 1.165) is 35.5 Å². The molecular weight excluding hydrogens is 284 g/mol. The Labute approximate surface area is 127 Å². The molecule has 2 atom stereocenters. The van der Waals surface area contributed by atoms with Crippen LogP contribution in [0.3, 0.4) is 0 Å². The predicted octanol–water partition coefficient (Wildman–Crippen LogP) is 2.19. The zero-order valence-corrected chi connectivity index (χ0v) is 12.6. The Morgan fingerprint density at radius 1 is 1.33 bits per heavy atom. The number of hydrogen-bond donors (Lipinski definition) is 1. The molecule has 0 spiro atoms. The summed E-state index contributed by atoms with van der Waals surface area (Å²) in [5.41, 5.74) is 0. The standard InChI is InChI=1S/C15H18N4OS/c20-13-7-10(8-16-13)12-3-1-2-5-19(12)14-11-4-6-21-15(11)18-9-17-14/h4,6,9-10,12H,1-3,5,7-8H2,(H,16,20)/t10-,12-/m0/s1. The van der Waals surface area contributed by atoms with Gasteiger partial charge in [0.15, 0.2) is 0 Å². The van der Waals surface area contributed by atoms with Crippen molar-refractivity contribution in [2.24, 2.45) is 5.92 Å². The van der Waals surface area contributed by atoms with Crippen LogP contribution in [-0.4, -0.2) is 35.0 Å². The van der Waals surface area contributed by atoms with Crippen LogP contribution in [0, 0.1) is 5.92 Å². The second kappa shape index (κ2) is 5.26. The van der Waals surface area contributed by atoms with E-state index in [1.54, 1.807) is 17.7 Å². The largest absolute Gasteiger partial charge is 0.356 e. The number of nitrogens with one attached hydrogen (secondary N) is 1. The van der Waals surface area contributed by atoms with Crippen LogP contribution in [0.4, 0.5) is 5.82 Å². The first-order valence-electron chi connectivity index (χ1n) is 7.54. The number of thiophene rings is 1. The molecule has 2 aliphatic rings. The number of aromatic nitrogens is 2. The monoisotopic (exact) mass is 302 g/mol. The molecule has 2 aromatic rings. The molecular formula is C15H18N4OS. The molecule has 1 N–H and O–H groups in total. The van der Waals surface area contributed by atoms with Crippen LogP contribution >= 0.6 is 11.3 Å². The number of hydrogen-bond acceptors (Lipinski definition) is 5. The molecule has 0 aromatic carbocycles. The highest BCUT2D eigenvalue weighted by atomic mass is 32.1. The number of rotatable bonds is 2. The molecule has 0 aliphatic carbocycles. The molecule has 0 saturated carbocycles. The molecule has 0 unspecified atom stereocenters. The first-order chi connectivity index (χ1) is 10.3. The van der Waals surface area contributed by atoms with Gasteiger partial charge in [0, 0.05) is 31.5 Å². The Hall–Kier alpha value is -1.69. The minimum absolute atomic E-state index is 0.189. The maximum atomic E-state index is 11.6. The Kier molecular flexibility index (Phi) is 3.25. The lowest BCUT2D eigenvalue weighted by molar-refractivity contribution is -0.119. The van der Waals surface area contributed by atoms with E-state index >= 15 is 0 Å². The first-order valence-corrected chi connectivity index (χ1v) is 8.42. The Balaban J connectivity index is 1.70. The molecule has 4 heterocycles. The predicted molar refractivity (Wildman–Crippen MR) is 83.5 cm³/mol. The summed E-state index contributed by atoms with van der Waals surface area (Å²) < 4.78 is 0. The summed E-state index contributed by atoms with van der Waals surface area (Å²) in [6.07, 6.45) is 5.90. The van der Waals surface area contributed by atoms with E-state index in [0.29, 0.717) is 18.4 Å². The van der Waals surface area contributed by atoms with Gasteiger partial charge in [-0.1, -0.05) is 0 Å². The quantitative estimate of drug-likeness (QED) is 0.924. The topological polar surface area (TPSA) is 58.1 Å². The third-order valence-electron chi connectivity index (χ3n) is 4.62. The molecule has 2 aromatic heterocycles. The lowest BCUT2D eigenvalue weighted by atomic mass is 9.89. The SMILES string of the molecule is O=C1C[C@H]([C@@H]2CCCCN2c2ncnc3sccc23)CN1. The van der Waals surface area contributed by atoms with E-state index in [1.165, 1.54) is 12.8 Å². The van der Waals surface area contributed by atoms with Crippen molar-refractivity contribution in [1.29, 1.82) is 0 Å². The van der Waals surface area contributed by atoms with Crippen LogP contribution in [0.25, 0.3) is 10.2 Å². The molecule has 2 saturated heterocycles. The van der Waals surface area contributed by atoms with Crippen LogP contribution < -0.4 is 10.2 Å². The fraction of sp³-hybridized carbons (Fsp3) is 0.533. The van der Waals surface area contributed by atoms with Crippen molar-refractivity contribution in [2.75, 3.05) is 18.0 Å². The molecule has 1 amide bonds. The van der Waals surface area contributed by atoms with E-state index in [4.69, 9.17) is 0 Å². The molecule has 6 heteroatoms. The molecule has 110 valence electrons. The highest BCUT2D eigenvalue weighted by Gasteiger charge is 2.35. The number of carbonyl (C=O) groups is 1. The maximum Gasteiger partial charge on any atom is 0.220 e. The van der Waals surface area contributed by atoms with Crippen LogP contribution in [0.2, 0.25) is 0 Å². The summed E-state index contributed by atoms with van der Waals surface area (Å²) in [5, 5.41) is 6.19. The van der Waals surface area contributed by atoms with Crippen molar-refractivity contribution >= 4 is 33.3 Å². The Morgan fingerprint density at radius 3 is 3.14 bits per heavy atom. The van der Waals surface area contributed by atoms with E-state index in [9.17, 15) is 4.79 Å². The molecule has 0 radical (unpaired) electrons. The minimum Gasteiger partial charge on any atom is -0.356 e. The summed E-state index contributed by atoms with van der Waals surface area (Å²) in [5.74, 6) is 1.64. The fourth-order valence-corrected chi connectivity index (χ4v) is 4.34. The molecule has 2 fully saturated rings. The van der Waals surface area contributed by atoms with Gasteiger partial charge in [0.25, 0.3) is 0 Å². The number of amides is 1. The van der Waals surface area contributed by atoms with Gasteiger partial charge >= 0.3 is 0 Å². The summed E-state index contributed by atoms with van der Waals surface area (Å²) in [7, 11) is 0. The Morgan fingerprint density at radius 2 is 2.29 bits per heavy atom. The average molecular weight is 302 g/mol. The molecule has 0 bridgehead atoms. The Bertz CT molecular complexity index is 670. The van der Waals surface area contributed by atoms with E-state index in [2.05, 4.69) is 31.6 Å². The van der Waals surface area contributed by atoms with Gasteiger partial charge in [0.05, 0.1) is 5.39 Å². The third-order valence-corrected chi connectivity index (χ3v) is 5.44. The van der Waals surface area contributed by atoms with Gasteiger partial charge in [-0.2, -0.15) is 0 Å². The number of carbonyl (C=O) groups excluding carboxylic acids is 1. The van der Waals surface area contributed by atoms with Crippen molar-refractivity contribution in [3.05, 3.63) is 17.8 Å². The second-order valence-corrected chi connectivity index (χ2v) is 6.76. The highest BCUT2D eigenvalue weighted by Crippen LogP contribution is 2.34. The van der Waals surface area contributed by atoms with Crippen LogP contribution in [0.1, 0.15) is 25.7 Å². The summed E-state index contributed by atoms with van der Waals surface area (Å²) in [6, 6.07) is 2.52. The van der Waals surface area contributed by atoms with Crippen molar-refractivity contribution in [3.8, 4) is 0 Å². The number of anilines is 1. The zero-order chi connectivity index (χ0) is 14.2. The van der Waals surface area contributed by atoms with Crippen LogP contribution in [0.5, 0.6) is 0 Å².